The van der Waals surface area contributed by atoms with Gasteiger partial charge in [0.15, 0.2) is 0 Å². The summed E-state index contributed by atoms with van der Waals surface area (Å²) < 4.78 is 27.2. The minimum absolute atomic E-state index is 0.0896. The molecule has 19 heavy (non-hydrogen) atoms. The van der Waals surface area contributed by atoms with E-state index in [1.165, 1.54) is 0 Å². The van der Waals surface area contributed by atoms with Crippen molar-refractivity contribution in [2.45, 2.75) is 19.2 Å². The highest BCUT2D eigenvalue weighted by molar-refractivity contribution is 6.30. The fourth-order valence-electron chi connectivity index (χ4n) is 1.83. The molecule has 0 saturated carbocycles. The normalized spacial score (nSPS) is 12.5. The fraction of sp³-hybridized carbons (Fsp3) is 0.200. The Morgan fingerprint density at radius 1 is 0.947 bits per heavy atom. The molecule has 1 atom stereocenters. The molecule has 2 aromatic rings. The molecule has 2 aromatic carbocycles. The largest absolute Gasteiger partial charge is 0.207 e. The molecular formula is C15H12Cl2F2. The third kappa shape index (κ3) is 2.90. The lowest BCUT2D eigenvalue weighted by Crippen LogP contribution is -1.99. The lowest BCUT2D eigenvalue weighted by Gasteiger charge is -2.13. The molecule has 4 heteroatoms. The van der Waals surface area contributed by atoms with Gasteiger partial charge in [-0.15, -0.1) is 11.6 Å². The van der Waals surface area contributed by atoms with Gasteiger partial charge in [0, 0.05) is 5.56 Å². The molecule has 0 bridgehead atoms. The molecule has 0 spiro atoms. The SMILES string of the molecule is Cc1ccc(C(Cl)c2cc(F)c(Cl)cc2F)cc1C. The first kappa shape index (κ1) is 14.3. The second kappa shape index (κ2) is 5.48. The van der Waals surface area contributed by atoms with E-state index in [0.717, 1.165) is 28.8 Å². The van der Waals surface area contributed by atoms with Crippen LogP contribution in [-0.4, -0.2) is 0 Å². The van der Waals surface area contributed by atoms with Crippen molar-refractivity contribution >= 4 is 23.2 Å². The third-order valence-corrected chi connectivity index (χ3v) is 3.91. The molecule has 0 radical (unpaired) electrons. The van der Waals surface area contributed by atoms with Crippen LogP contribution in [0.1, 0.15) is 27.6 Å². The Hall–Kier alpha value is -1.12. The van der Waals surface area contributed by atoms with Gasteiger partial charge in [-0.25, -0.2) is 8.78 Å². The summed E-state index contributed by atoms with van der Waals surface area (Å²) in [4.78, 5) is 0. The minimum Gasteiger partial charge on any atom is -0.207 e. The van der Waals surface area contributed by atoms with Crippen LogP contribution < -0.4 is 0 Å². The quantitative estimate of drug-likeness (QED) is 0.503. The van der Waals surface area contributed by atoms with E-state index in [0.29, 0.717) is 0 Å². The molecule has 0 aromatic heterocycles. The predicted octanol–water partition coefficient (Wildman–Crippen LogP) is 5.56. The van der Waals surface area contributed by atoms with Crippen LogP contribution in [0.15, 0.2) is 30.3 Å². The summed E-state index contributed by atoms with van der Waals surface area (Å²) >= 11 is 11.8. The van der Waals surface area contributed by atoms with Gasteiger partial charge in [-0.2, -0.15) is 0 Å². The van der Waals surface area contributed by atoms with Crippen LogP contribution in [0.2, 0.25) is 5.02 Å². The standard InChI is InChI=1S/C15H12Cl2F2/c1-8-3-4-10(5-9(8)2)15(17)11-6-14(19)12(16)7-13(11)18/h3-7,15H,1-2H3. The van der Waals surface area contributed by atoms with Crippen molar-refractivity contribution in [3.05, 3.63) is 69.2 Å². The van der Waals surface area contributed by atoms with Crippen molar-refractivity contribution < 1.29 is 8.78 Å². The van der Waals surface area contributed by atoms with Crippen LogP contribution in [0, 0.1) is 25.5 Å². The van der Waals surface area contributed by atoms with Crippen LogP contribution >= 0.6 is 23.2 Å². The van der Waals surface area contributed by atoms with Gasteiger partial charge in [-0.3, -0.25) is 0 Å². The molecule has 0 nitrogen and oxygen atoms in total. The summed E-state index contributed by atoms with van der Waals surface area (Å²) in [5.41, 5.74) is 2.99. The maximum Gasteiger partial charge on any atom is 0.142 e. The second-order valence-corrected chi connectivity index (χ2v) is 5.34. The Balaban J connectivity index is 2.46. The Labute approximate surface area is 121 Å². The van der Waals surface area contributed by atoms with E-state index in [-0.39, 0.29) is 10.6 Å². The van der Waals surface area contributed by atoms with Crippen molar-refractivity contribution in [1.82, 2.24) is 0 Å². The topological polar surface area (TPSA) is 0 Å². The van der Waals surface area contributed by atoms with Crippen LogP contribution in [0.25, 0.3) is 0 Å². The summed E-state index contributed by atoms with van der Waals surface area (Å²) in [6, 6.07) is 7.59. The maximum absolute atomic E-state index is 13.8. The van der Waals surface area contributed by atoms with Crippen LogP contribution in [-0.2, 0) is 0 Å². The zero-order valence-electron chi connectivity index (χ0n) is 10.5. The molecule has 0 amide bonds. The summed E-state index contributed by atoms with van der Waals surface area (Å²) in [7, 11) is 0. The van der Waals surface area contributed by atoms with E-state index in [9.17, 15) is 8.78 Å². The van der Waals surface area contributed by atoms with Crippen molar-refractivity contribution in [2.75, 3.05) is 0 Å². The molecule has 0 aliphatic heterocycles. The van der Waals surface area contributed by atoms with Gasteiger partial charge < -0.3 is 0 Å². The molecule has 0 aliphatic carbocycles. The highest BCUT2D eigenvalue weighted by Gasteiger charge is 2.18. The number of aryl methyl sites for hydroxylation is 2. The molecule has 0 N–H and O–H groups in total. The van der Waals surface area contributed by atoms with Crippen LogP contribution in [0.3, 0.4) is 0 Å². The van der Waals surface area contributed by atoms with E-state index < -0.39 is 17.0 Å². The number of hydrogen-bond donors (Lipinski definition) is 0. The highest BCUT2D eigenvalue weighted by Crippen LogP contribution is 2.33. The second-order valence-electron chi connectivity index (χ2n) is 4.49. The van der Waals surface area contributed by atoms with Gasteiger partial charge >= 0.3 is 0 Å². The number of benzene rings is 2. The summed E-state index contributed by atoms with van der Waals surface area (Å²) in [6.45, 7) is 3.92. The average Bonchev–Trinajstić information content (AvgIpc) is 2.36. The molecule has 0 saturated heterocycles. The Morgan fingerprint density at radius 2 is 1.63 bits per heavy atom. The predicted molar refractivity (Wildman–Crippen MR) is 75.0 cm³/mol. The van der Waals surface area contributed by atoms with Gasteiger partial charge in [-0.1, -0.05) is 29.8 Å². The summed E-state index contributed by atoms with van der Waals surface area (Å²) in [6.07, 6.45) is 0. The monoisotopic (exact) mass is 300 g/mol. The maximum atomic E-state index is 13.8. The smallest absolute Gasteiger partial charge is 0.142 e. The molecular weight excluding hydrogens is 289 g/mol. The highest BCUT2D eigenvalue weighted by atomic mass is 35.5. The van der Waals surface area contributed by atoms with Gasteiger partial charge in [0.2, 0.25) is 0 Å². The van der Waals surface area contributed by atoms with E-state index in [2.05, 4.69) is 0 Å². The van der Waals surface area contributed by atoms with E-state index >= 15 is 0 Å². The zero-order valence-corrected chi connectivity index (χ0v) is 12.0. The lowest BCUT2D eigenvalue weighted by molar-refractivity contribution is 0.587. The Morgan fingerprint density at radius 3 is 2.26 bits per heavy atom. The van der Waals surface area contributed by atoms with Gasteiger partial charge in [-0.05, 0) is 42.7 Å². The lowest BCUT2D eigenvalue weighted by atomic mass is 9.99. The first-order valence-corrected chi connectivity index (χ1v) is 6.57. The van der Waals surface area contributed by atoms with Crippen molar-refractivity contribution in [3.63, 3.8) is 0 Å². The van der Waals surface area contributed by atoms with Gasteiger partial charge in [0.1, 0.15) is 11.6 Å². The van der Waals surface area contributed by atoms with E-state index in [1.807, 2.05) is 32.0 Å². The van der Waals surface area contributed by atoms with Crippen LogP contribution in [0.4, 0.5) is 8.78 Å². The Kier molecular flexibility index (Phi) is 4.12. The van der Waals surface area contributed by atoms with E-state index in [4.69, 9.17) is 23.2 Å². The molecule has 1 unspecified atom stereocenters. The molecule has 2 rings (SSSR count). The van der Waals surface area contributed by atoms with Crippen molar-refractivity contribution in [1.29, 1.82) is 0 Å². The fourth-order valence-corrected chi connectivity index (χ4v) is 2.29. The van der Waals surface area contributed by atoms with Crippen molar-refractivity contribution in [3.8, 4) is 0 Å². The zero-order chi connectivity index (χ0) is 14.2. The molecule has 0 aliphatic rings. The first-order chi connectivity index (χ1) is 8.90. The third-order valence-electron chi connectivity index (χ3n) is 3.14. The number of rotatable bonds is 2. The number of hydrogen-bond acceptors (Lipinski definition) is 0. The summed E-state index contributed by atoms with van der Waals surface area (Å²) in [5.74, 6) is -1.28. The molecule has 0 heterocycles. The Bertz CT molecular complexity index is 624. The van der Waals surface area contributed by atoms with E-state index in [1.54, 1.807) is 0 Å². The summed E-state index contributed by atoms with van der Waals surface area (Å²) in [5, 5.41) is -0.990. The average molecular weight is 301 g/mol. The van der Waals surface area contributed by atoms with Gasteiger partial charge in [0.05, 0.1) is 10.4 Å². The minimum atomic E-state index is -0.744. The van der Waals surface area contributed by atoms with Crippen molar-refractivity contribution in [2.24, 2.45) is 0 Å². The first-order valence-electron chi connectivity index (χ1n) is 5.76. The van der Waals surface area contributed by atoms with Gasteiger partial charge in [0.25, 0.3) is 0 Å². The molecule has 100 valence electrons. The molecule has 0 fully saturated rings. The van der Waals surface area contributed by atoms with Crippen LogP contribution in [0.5, 0.6) is 0 Å². The number of alkyl halides is 1. The number of halogens is 4.